The van der Waals surface area contributed by atoms with Crippen molar-refractivity contribution in [3.63, 3.8) is 0 Å². The van der Waals surface area contributed by atoms with Gasteiger partial charge in [0.25, 0.3) is 0 Å². The molecule has 1 aliphatic carbocycles. The molecule has 0 aromatic carbocycles. The lowest BCUT2D eigenvalue weighted by atomic mass is 9.68. The average Bonchev–Trinajstić information content (AvgIpc) is 2.54. The smallest absolute Gasteiger partial charge is 0.0169 e. The third-order valence-electron chi connectivity index (χ3n) is 3.38. The molecule has 1 saturated carbocycles. The Morgan fingerprint density at radius 1 is 1.43 bits per heavy atom. The van der Waals surface area contributed by atoms with Crippen molar-refractivity contribution in [3.05, 3.63) is 21.9 Å². The van der Waals surface area contributed by atoms with Crippen LogP contribution in [0.3, 0.4) is 0 Å². The molecule has 14 heavy (non-hydrogen) atoms. The second-order valence-corrected chi connectivity index (χ2v) is 5.52. The highest BCUT2D eigenvalue weighted by Gasteiger charge is 2.38. The van der Waals surface area contributed by atoms with Crippen LogP contribution in [0.25, 0.3) is 0 Å². The van der Waals surface area contributed by atoms with Crippen LogP contribution in [0.5, 0.6) is 0 Å². The second kappa shape index (κ2) is 4.03. The third-order valence-corrected chi connectivity index (χ3v) is 4.77. The minimum absolute atomic E-state index is 0.372. The third kappa shape index (κ3) is 1.61. The Labute approximate surface area is 90.3 Å². The molecule has 78 valence electrons. The van der Waals surface area contributed by atoms with E-state index in [4.69, 9.17) is 5.73 Å². The molecule has 2 N–H and O–H groups in total. The Morgan fingerprint density at radius 3 is 2.71 bits per heavy atom. The Kier molecular flexibility index (Phi) is 2.93. The summed E-state index contributed by atoms with van der Waals surface area (Å²) in [5, 5.41) is 0. The van der Waals surface area contributed by atoms with Crippen molar-refractivity contribution in [3.8, 4) is 0 Å². The van der Waals surface area contributed by atoms with Gasteiger partial charge >= 0.3 is 0 Å². The molecule has 0 unspecified atom stereocenters. The maximum atomic E-state index is 5.89. The minimum atomic E-state index is 0.372. The van der Waals surface area contributed by atoms with Crippen LogP contribution >= 0.6 is 11.3 Å². The topological polar surface area (TPSA) is 26.0 Å². The zero-order valence-corrected chi connectivity index (χ0v) is 9.70. The molecule has 1 fully saturated rings. The van der Waals surface area contributed by atoms with E-state index in [-0.39, 0.29) is 0 Å². The van der Waals surface area contributed by atoms with Crippen LogP contribution in [-0.2, 0) is 11.8 Å². The summed E-state index contributed by atoms with van der Waals surface area (Å²) in [6.07, 6.45) is 6.43. The van der Waals surface area contributed by atoms with Gasteiger partial charge in [-0.25, -0.2) is 0 Å². The summed E-state index contributed by atoms with van der Waals surface area (Å²) in [6, 6.07) is 4.60. The molecule has 0 radical (unpaired) electrons. The molecule has 2 heteroatoms. The van der Waals surface area contributed by atoms with Crippen molar-refractivity contribution in [1.29, 1.82) is 0 Å². The van der Waals surface area contributed by atoms with Gasteiger partial charge in [-0.2, -0.15) is 0 Å². The molecule has 1 nitrogen and oxygen atoms in total. The maximum absolute atomic E-state index is 5.89. The van der Waals surface area contributed by atoms with Gasteiger partial charge in [0.2, 0.25) is 0 Å². The van der Waals surface area contributed by atoms with Gasteiger partial charge in [0.15, 0.2) is 0 Å². The van der Waals surface area contributed by atoms with Crippen LogP contribution in [0.4, 0.5) is 0 Å². The van der Waals surface area contributed by atoms with Crippen molar-refractivity contribution in [2.75, 3.05) is 6.54 Å². The van der Waals surface area contributed by atoms with E-state index in [2.05, 4.69) is 19.1 Å². The van der Waals surface area contributed by atoms with Gasteiger partial charge in [-0.3, -0.25) is 0 Å². The lowest BCUT2D eigenvalue weighted by molar-refractivity contribution is 0.258. The second-order valence-electron chi connectivity index (χ2n) is 4.35. The minimum Gasteiger partial charge on any atom is -0.330 e. The van der Waals surface area contributed by atoms with Crippen LogP contribution in [-0.4, -0.2) is 6.54 Å². The SMILES string of the molecule is CCCc1ccc(C2(CN)CCC2)s1. The lowest BCUT2D eigenvalue weighted by Crippen LogP contribution is -2.40. The summed E-state index contributed by atoms with van der Waals surface area (Å²) in [5.41, 5.74) is 6.26. The molecule has 2 rings (SSSR count). The molecular weight excluding hydrogens is 190 g/mol. The van der Waals surface area contributed by atoms with Gasteiger partial charge in [-0.15, -0.1) is 11.3 Å². The van der Waals surface area contributed by atoms with Gasteiger partial charge in [0, 0.05) is 21.7 Å². The molecule has 0 spiro atoms. The average molecular weight is 209 g/mol. The van der Waals surface area contributed by atoms with Crippen molar-refractivity contribution < 1.29 is 0 Å². The summed E-state index contributed by atoms with van der Waals surface area (Å²) in [4.78, 5) is 3.07. The number of rotatable bonds is 4. The van der Waals surface area contributed by atoms with E-state index in [1.165, 1.54) is 41.9 Å². The molecule has 0 atom stereocenters. The quantitative estimate of drug-likeness (QED) is 0.810. The van der Waals surface area contributed by atoms with Crippen LogP contribution in [0, 0.1) is 0 Å². The molecule has 1 aromatic rings. The Morgan fingerprint density at radius 2 is 2.21 bits per heavy atom. The molecule has 1 aromatic heterocycles. The van der Waals surface area contributed by atoms with Crippen LogP contribution in [0.2, 0.25) is 0 Å². The molecule has 0 amide bonds. The maximum Gasteiger partial charge on any atom is 0.0169 e. The standard InChI is InChI=1S/C12H19NS/c1-2-4-10-5-6-11(14-10)12(9-13)7-3-8-12/h5-6H,2-4,7-9,13H2,1H3. The number of nitrogens with two attached hydrogens (primary N) is 1. The van der Waals surface area contributed by atoms with Crippen LogP contribution < -0.4 is 5.73 Å². The number of thiophene rings is 1. The Balaban J connectivity index is 2.15. The summed E-state index contributed by atoms with van der Waals surface area (Å²) < 4.78 is 0. The van der Waals surface area contributed by atoms with Gasteiger partial charge in [-0.05, 0) is 31.4 Å². The highest BCUT2D eigenvalue weighted by molar-refractivity contribution is 7.12. The summed E-state index contributed by atoms with van der Waals surface area (Å²) >= 11 is 1.98. The molecule has 0 bridgehead atoms. The first kappa shape index (κ1) is 10.2. The first-order valence-corrected chi connectivity index (χ1v) is 6.41. The molecule has 0 saturated heterocycles. The molecule has 1 heterocycles. The molecular formula is C12H19NS. The summed E-state index contributed by atoms with van der Waals surface area (Å²) in [5.74, 6) is 0. The van der Waals surface area contributed by atoms with E-state index in [0.717, 1.165) is 6.54 Å². The number of hydrogen-bond acceptors (Lipinski definition) is 2. The highest BCUT2D eigenvalue weighted by Crippen LogP contribution is 2.45. The zero-order valence-electron chi connectivity index (χ0n) is 8.88. The van der Waals surface area contributed by atoms with E-state index >= 15 is 0 Å². The van der Waals surface area contributed by atoms with Gasteiger partial charge in [0.1, 0.15) is 0 Å². The fourth-order valence-electron chi connectivity index (χ4n) is 2.20. The number of hydrogen-bond donors (Lipinski definition) is 1. The first-order valence-electron chi connectivity index (χ1n) is 5.60. The fraction of sp³-hybridized carbons (Fsp3) is 0.667. The van der Waals surface area contributed by atoms with E-state index < -0.39 is 0 Å². The predicted octanol–water partition coefficient (Wildman–Crippen LogP) is 3.08. The van der Waals surface area contributed by atoms with E-state index in [1.807, 2.05) is 11.3 Å². The van der Waals surface area contributed by atoms with Gasteiger partial charge in [0.05, 0.1) is 0 Å². The number of aryl methyl sites for hydroxylation is 1. The van der Waals surface area contributed by atoms with Crippen LogP contribution in [0.15, 0.2) is 12.1 Å². The normalized spacial score (nSPS) is 19.3. The van der Waals surface area contributed by atoms with Gasteiger partial charge < -0.3 is 5.73 Å². The monoisotopic (exact) mass is 209 g/mol. The lowest BCUT2D eigenvalue weighted by Gasteiger charge is -2.40. The van der Waals surface area contributed by atoms with Crippen molar-refractivity contribution >= 4 is 11.3 Å². The molecule has 1 aliphatic rings. The Bertz CT molecular complexity index is 294. The van der Waals surface area contributed by atoms with E-state index in [1.54, 1.807) is 0 Å². The molecule has 0 aliphatic heterocycles. The van der Waals surface area contributed by atoms with Gasteiger partial charge in [-0.1, -0.05) is 19.8 Å². The predicted molar refractivity (Wildman–Crippen MR) is 62.9 cm³/mol. The largest absolute Gasteiger partial charge is 0.330 e. The fourth-order valence-corrected chi connectivity index (χ4v) is 3.56. The summed E-state index contributed by atoms with van der Waals surface area (Å²) in [7, 11) is 0. The van der Waals surface area contributed by atoms with Crippen molar-refractivity contribution in [1.82, 2.24) is 0 Å². The van der Waals surface area contributed by atoms with Crippen molar-refractivity contribution in [2.45, 2.75) is 44.4 Å². The first-order chi connectivity index (χ1) is 6.80. The van der Waals surface area contributed by atoms with Crippen LogP contribution in [0.1, 0.15) is 42.4 Å². The van der Waals surface area contributed by atoms with E-state index in [0.29, 0.717) is 5.41 Å². The zero-order chi connectivity index (χ0) is 10.0. The van der Waals surface area contributed by atoms with E-state index in [9.17, 15) is 0 Å². The highest BCUT2D eigenvalue weighted by atomic mass is 32.1. The Hall–Kier alpha value is -0.340. The van der Waals surface area contributed by atoms with Crippen molar-refractivity contribution in [2.24, 2.45) is 5.73 Å². The summed E-state index contributed by atoms with van der Waals surface area (Å²) in [6.45, 7) is 3.07.